The quantitative estimate of drug-likeness (QED) is 0.233. The molecule has 3 N–H and O–H groups in total. The van der Waals surface area contributed by atoms with Gasteiger partial charge in [0.25, 0.3) is 0 Å². The summed E-state index contributed by atoms with van der Waals surface area (Å²) >= 11 is 7.61. The van der Waals surface area contributed by atoms with Gasteiger partial charge in [0.05, 0.1) is 11.7 Å². The summed E-state index contributed by atoms with van der Waals surface area (Å²) in [5.74, 6) is 0.353. The molecular formula is C20H32Br2O4. The predicted octanol–water partition coefficient (Wildman–Crippen LogP) is 4.52. The zero-order chi connectivity index (χ0) is 19.5. The first-order valence-corrected chi connectivity index (χ1v) is 11.7. The number of fused-ring (bicyclic) bond motifs is 3. The van der Waals surface area contributed by atoms with E-state index >= 15 is 0 Å². The predicted molar refractivity (Wildman–Crippen MR) is 110 cm³/mol. The Hall–Kier alpha value is 0.540. The molecule has 3 aliphatic carbocycles. The summed E-state index contributed by atoms with van der Waals surface area (Å²) in [4.78, 5) is 5.07. The fraction of sp³-hybridized carbons (Fsp3) is 0.900. The third kappa shape index (κ3) is 2.81. The highest BCUT2D eigenvalue weighted by molar-refractivity contribution is 9.09. The Bertz CT molecular complexity index is 578. The van der Waals surface area contributed by atoms with Crippen molar-refractivity contribution >= 4 is 31.9 Å². The molecule has 0 aromatic carbocycles. The van der Waals surface area contributed by atoms with E-state index < -0.39 is 11.7 Å². The van der Waals surface area contributed by atoms with Crippen molar-refractivity contribution in [1.29, 1.82) is 0 Å². The first kappa shape index (κ1) is 21.3. The Kier molecular flexibility index (Phi) is 5.80. The minimum atomic E-state index is -1.17. The minimum absolute atomic E-state index is 0.116. The molecular weight excluding hydrogens is 464 g/mol. The Balaban J connectivity index is 2.17. The summed E-state index contributed by atoms with van der Waals surface area (Å²) < 4.78 is 0. The second-order valence-electron chi connectivity index (χ2n) is 9.48. The van der Waals surface area contributed by atoms with Gasteiger partial charge in [0, 0.05) is 27.4 Å². The van der Waals surface area contributed by atoms with Crippen LogP contribution in [0.2, 0.25) is 0 Å². The molecule has 6 heteroatoms. The van der Waals surface area contributed by atoms with Crippen molar-refractivity contribution in [2.45, 2.75) is 76.0 Å². The molecule has 2 fully saturated rings. The zero-order valence-corrected chi connectivity index (χ0v) is 19.3. The Morgan fingerprint density at radius 2 is 1.96 bits per heavy atom. The molecule has 0 aromatic rings. The minimum Gasteiger partial charge on any atom is -0.390 e. The molecule has 0 aromatic heterocycles. The van der Waals surface area contributed by atoms with Gasteiger partial charge < -0.3 is 10.2 Å². The van der Waals surface area contributed by atoms with Gasteiger partial charge in [-0.3, -0.25) is 5.26 Å². The van der Waals surface area contributed by atoms with Gasteiger partial charge in [0.15, 0.2) is 0 Å². The SMILES string of the molecule is CC(C)[C@@H]1[C@H](OO)CC=C2[C@@H]3[C@](C)(O)[C@H](O)C[C@H](Br)[C@@]3(C)CC[C@@]21CBr. The number of rotatable bonds is 3. The third-order valence-corrected chi connectivity index (χ3v) is 10.2. The van der Waals surface area contributed by atoms with Crippen LogP contribution in [0.15, 0.2) is 11.6 Å². The Morgan fingerprint density at radius 3 is 2.50 bits per heavy atom. The average molecular weight is 496 g/mol. The van der Waals surface area contributed by atoms with E-state index in [2.05, 4.69) is 58.7 Å². The van der Waals surface area contributed by atoms with Crippen molar-refractivity contribution in [2.24, 2.45) is 28.6 Å². The fourth-order valence-corrected chi connectivity index (χ4v) is 8.30. The van der Waals surface area contributed by atoms with E-state index in [0.29, 0.717) is 18.8 Å². The van der Waals surface area contributed by atoms with E-state index in [-0.39, 0.29) is 33.6 Å². The highest BCUT2D eigenvalue weighted by Gasteiger charge is 2.65. The summed E-state index contributed by atoms with van der Waals surface area (Å²) in [6.07, 6.45) is 4.31. The van der Waals surface area contributed by atoms with E-state index in [9.17, 15) is 15.5 Å². The Morgan fingerprint density at radius 1 is 1.31 bits per heavy atom. The Labute approximate surface area is 173 Å². The molecule has 8 atom stereocenters. The number of aliphatic hydroxyl groups excluding tert-OH is 1. The molecule has 150 valence electrons. The summed E-state index contributed by atoms with van der Waals surface area (Å²) in [6.45, 7) is 8.40. The number of hydrogen-bond donors (Lipinski definition) is 3. The summed E-state index contributed by atoms with van der Waals surface area (Å²) in [7, 11) is 0. The largest absolute Gasteiger partial charge is 0.390 e. The fourth-order valence-electron chi connectivity index (χ4n) is 6.47. The molecule has 0 heterocycles. The van der Waals surface area contributed by atoms with E-state index in [0.717, 1.165) is 18.2 Å². The van der Waals surface area contributed by atoms with Crippen LogP contribution in [0.3, 0.4) is 0 Å². The molecule has 3 rings (SSSR count). The van der Waals surface area contributed by atoms with Crippen LogP contribution in [0, 0.1) is 28.6 Å². The van der Waals surface area contributed by atoms with Gasteiger partial charge in [-0.1, -0.05) is 64.3 Å². The lowest BCUT2D eigenvalue weighted by Gasteiger charge is -2.64. The van der Waals surface area contributed by atoms with Crippen LogP contribution in [0.25, 0.3) is 0 Å². The maximum absolute atomic E-state index is 11.4. The molecule has 3 aliphatic rings. The molecule has 0 unspecified atom stereocenters. The number of hydrogen-bond acceptors (Lipinski definition) is 4. The van der Waals surface area contributed by atoms with Crippen LogP contribution in [0.5, 0.6) is 0 Å². The topological polar surface area (TPSA) is 69.9 Å². The first-order chi connectivity index (χ1) is 12.1. The standard InChI is InChI=1S/C20H32Br2O4/c1-11(2)16-13(26-25)6-5-12-17-18(3,7-8-20(12,16)10-21)14(22)9-15(23)19(17,4)24/h5,11,13-17,23-25H,6-10H2,1-4H3/t13-,14+,15-,16-,17+,18-,19-,20-/m1/s1. The van der Waals surface area contributed by atoms with E-state index in [1.807, 2.05) is 0 Å². The van der Waals surface area contributed by atoms with Crippen LogP contribution >= 0.6 is 31.9 Å². The summed E-state index contributed by atoms with van der Waals surface area (Å²) in [6, 6.07) is 0. The molecule has 0 bridgehead atoms. The van der Waals surface area contributed by atoms with Gasteiger partial charge in [-0.15, -0.1) is 0 Å². The average Bonchev–Trinajstić information content (AvgIpc) is 2.58. The lowest BCUT2D eigenvalue weighted by atomic mass is 9.43. The number of alkyl halides is 2. The van der Waals surface area contributed by atoms with Crippen LogP contribution in [-0.4, -0.2) is 43.4 Å². The molecule has 4 nitrogen and oxygen atoms in total. The van der Waals surface area contributed by atoms with Crippen LogP contribution < -0.4 is 0 Å². The highest BCUT2D eigenvalue weighted by atomic mass is 79.9. The van der Waals surface area contributed by atoms with Crippen LogP contribution in [0.1, 0.15) is 53.4 Å². The lowest BCUT2D eigenvalue weighted by Crippen LogP contribution is -2.66. The second kappa shape index (κ2) is 7.10. The smallest absolute Gasteiger partial charge is 0.100 e. The van der Waals surface area contributed by atoms with Gasteiger partial charge in [-0.2, -0.15) is 0 Å². The van der Waals surface area contributed by atoms with Gasteiger partial charge in [-0.25, -0.2) is 4.89 Å². The summed E-state index contributed by atoms with van der Waals surface area (Å²) in [5.41, 5.74) is -0.233. The third-order valence-electron chi connectivity index (χ3n) is 7.76. The first-order valence-electron chi connectivity index (χ1n) is 9.67. The highest BCUT2D eigenvalue weighted by Crippen LogP contribution is 2.67. The second-order valence-corrected chi connectivity index (χ2v) is 11.1. The van der Waals surface area contributed by atoms with Crippen molar-refractivity contribution in [3.05, 3.63) is 11.6 Å². The molecule has 26 heavy (non-hydrogen) atoms. The van der Waals surface area contributed by atoms with Crippen LogP contribution in [0.4, 0.5) is 0 Å². The molecule has 0 spiro atoms. The normalized spacial score (nSPS) is 51.6. The maximum Gasteiger partial charge on any atom is 0.100 e. The molecule has 0 radical (unpaired) electrons. The van der Waals surface area contributed by atoms with Gasteiger partial charge in [0.1, 0.15) is 6.10 Å². The lowest BCUT2D eigenvalue weighted by molar-refractivity contribution is -0.303. The van der Waals surface area contributed by atoms with Gasteiger partial charge in [-0.05, 0) is 43.9 Å². The molecule has 0 aliphatic heterocycles. The number of aliphatic hydroxyl groups is 2. The van der Waals surface area contributed by atoms with Gasteiger partial charge >= 0.3 is 0 Å². The van der Waals surface area contributed by atoms with Crippen molar-refractivity contribution in [3.63, 3.8) is 0 Å². The summed E-state index contributed by atoms with van der Waals surface area (Å²) in [5, 5.41) is 32.4. The van der Waals surface area contributed by atoms with Crippen molar-refractivity contribution in [2.75, 3.05) is 5.33 Å². The molecule has 0 amide bonds. The van der Waals surface area contributed by atoms with E-state index in [1.54, 1.807) is 6.92 Å². The molecule has 2 saturated carbocycles. The van der Waals surface area contributed by atoms with Crippen LogP contribution in [-0.2, 0) is 4.89 Å². The van der Waals surface area contributed by atoms with Gasteiger partial charge in [0.2, 0.25) is 0 Å². The zero-order valence-electron chi connectivity index (χ0n) is 16.1. The van der Waals surface area contributed by atoms with Crippen molar-refractivity contribution < 1.29 is 20.4 Å². The van der Waals surface area contributed by atoms with Crippen molar-refractivity contribution in [3.8, 4) is 0 Å². The number of halogens is 2. The monoisotopic (exact) mass is 494 g/mol. The van der Waals surface area contributed by atoms with Crippen molar-refractivity contribution in [1.82, 2.24) is 0 Å². The maximum atomic E-state index is 11.4. The molecule has 0 saturated heterocycles. The van der Waals surface area contributed by atoms with E-state index in [1.165, 1.54) is 5.57 Å². The van der Waals surface area contributed by atoms with E-state index in [4.69, 9.17) is 4.89 Å².